The van der Waals surface area contributed by atoms with Crippen LogP contribution in [0.15, 0.2) is 188 Å². The predicted molar refractivity (Wildman–Crippen MR) is 213 cm³/mol. The molecule has 1 aliphatic carbocycles. The van der Waals surface area contributed by atoms with Crippen molar-refractivity contribution in [1.82, 2.24) is 0 Å². The summed E-state index contributed by atoms with van der Waals surface area (Å²) >= 11 is 0. The Labute approximate surface area is 294 Å². The fourth-order valence-electron chi connectivity index (χ4n) is 8.05. The highest BCUT2D eigenvalue weighted by Gasteiger charge is 2.38. The van der Waals surface area contributed by atoms with Crippen LogP contribution in [0.3, 0.4) is 0 Å². The Bertz CT molecular complexity index is 2480. The zero-order valence-electron chi connectivity index (χ0n) is 28.3. The van der Waals surface area contributed by atoms with Gasteiger partial charge in [-0.3, -0.25) is 0 Å². The van der Waals surface area contributed by atoms with Crippen LogP contribution < -0.4 is 4.90 Å². The van der Waals surface area contributed by atoms with Gasteiger partial charge in [-0.2, -0.15) is 0 Å². The SMILES string of the molecule is CC1(C)c2cc(N(c3ccccc3)c3ccc4ccccc4c3-c3ccccc3)c(-c3ccccc3)cc2-c2c(-c3ccccc3)cccc21. The van der Waals surface area contributed by atoms with E-state index in [-0.39, 0.29) is 5.41 Å². The maximum absolute atomic E-state index is 2.49. The van der Waals surface area contributed by atoms with E-state index in [1.807, 2.05) is 0 Å². The molecule has 9 rings (SSSR count). The minimum atomic E-state index is -0.201. The summed E-state index contributed by atoms with van der Waals surface area (Å²) in [7, 11) is 0. The summed E-state index contributed by atoms with van der Waals surface area (Å²) in [4.78, 5) is 2.49. The smallest absolute Gasteiger partial charge is 0.0546 e. The van der Waals surface area contributed by atoms with Crippen molar-refractivity contribution < 1.29 is 0 Å². The Morgan fingerprint density at radius 3 is 1.64 bits per heavy atom. The molecule has 0 aromatic heterocycles. The number of benzene rings is 8. The van der Waals surface area contributed by atoms with Crippen LogP contribution in [0.5, 0.6) is 0 Å². The average Bonchev–Trinajstić information content (AvgIpc) is 3.41. The molecular formula is C49H37N. The lowest BCUT2D eigenvalue weighted by Gasteiger charge is -2.32. The van der Waals surface area contributed by atoms with Crippen LogP contribution in [-0.4, -0.2) is 0 Å². The van der Waals surface area contributed by atoms with E-state index in [9.17, 15) is 0 Å². The van der Waals surface area contributed by atoms with Gasteiger partial charge >= 0.3 is 0 Å². The highest BCUT2D eigenvalue weighted by Crippen LogP contribution is 2.56. The van der Waals surface area contributed by atoms with Crippen LogP contribution in [0.4, 0.5) is 17.1 Å². The van der Waals surface area contributed by atoms with Crippen LogP contribution in [0.25, 0.3) is 55.3 Å². The standard InChI is InChI=1S/C49H37N/c1-49(2)43-29-17-28-40(34-18-7-3-8-19-34)48(43)42-32-41(35-20-9-4-10-21-35)46(33-44(42)49)50(38-25-13-6-14-26-38)45-31-30-36-22-15-16-27-39(36)47(45)37-23-11-5-12-24-37/h3-33H,1-2H3. The van der Waals surface area contributed by atoms with Crippen molar-refractivity contribution in [2.24, 2.45) is 0 Å². The van der Waals surface area contributed by atoms with Crippen molar-refractivity contribution in [3.05, 3.63) is 199 Å². The van der Waals surface area contributed by atoms with E-state index in [0.717, 1.165) is 17.1 Å². The molecule has 0 unspecified atom stereocenters. The lowest BCUT2D eigenvalue weighted by Crippen LogP contribution is -2.17. The Hall–Kier alpha value is -6.18. The first-order valence-corrected chi connectivity index (χ1v) is 17.5. The molecule has 1 aliphatic rings. The van der Waals surface area contributed by atoms with Crippen molar-refractivity contribution in [2.45, 2.75) is 19.3 Å². The molecule has 0 spiro atoms. The summed E-state index contributed by atoms with van der Waals surface area (Å²) < 4.78 is 0. The molecule has 0 amide bonds. The molecule has 0 bridgehead atoms. The van der Waals surface area contributed by atoms with Crippen molar-refractivity contribution in [1.29, 1.82) is 0 Å². The molecule has 0 N–H and O–H groups in total. The van der Waals surface area contributed by atoms with Crippen LogP contribution in [-0.2, 0) is 5.41 Å². The summed E-state index contributed by atoms with van der Waals surface area (Å²) in [5.41, 5.74) is 15.9. The van der Waals surface area contributed by atoms with Gasteiger partial charge in [-0.15, -0.1) is 0 Å². The number of para-hydroxylation sites is 1. The van der Waals surface area contributed by atoms with E-state index in [0.29, 0.717) is 0 Å². The van der Waals surface area contributed by atoms with E-state index in [2.05, 4.69) is 207 Å². The summed E-state index contributed by atoms with van der Waals surface area (Å²) in [6.45, 7) is 4.77. The zero-order valence-corrected chi connectivity index (χ0v) is 28.3. The van der Waals surface area contributed by atoms with Gasteiger partial charge in [-0.05, 0) is 85.6 Å². The Kier molecular flexibility index (Phi) is 7.21. The third-order valence-corrected chi connectivity index (χ3v) is 10.5. The zero-order chi connectivity index (χ0) is 33.7. The molecule has 0 saturated heterocycles. The third kappa shape index (κ3) is 4.85. The van der Waals surface area contributed by atoms with E-state index in [4.69, 9.17) is 0 Å². The Morgan fingerprint density at radius 2 is 0.960 bits per heavy atom. The molecule has 1 nitrogen and oxygen atoms in total. The maximum Gasteiger partial charge on any atom is 0.0546 e. The number of nitrogens with zero attached hydrogens (tertiary/aromatic N) is 1. The van der Waals surface area contributed by atoms with Crippen LogP contribution in [0.2, 0.25) is 0 Å². The number of fused-ring (bicyclic) bond motifs is 4. The fourth-order valence-corrected chi connectivity index (χ4v) is 8.05. The lowest BCUT2D eigenvalue weighted by molar-refractivity contribution is 0.660. The molecule has 8 aromatic rings. The fraction of sp³-hybridized carbons (Fsp3) is 0.0612. The van der Waals surface area contributed by atoms with E-state index < -0.39 is 0 Å². The molecular weight excluding hydrogens is 603 g/mol. The van der Waals surface area contributed by atoms with Crippen LogP contribution in [0.1, 0.15) is 25.0 Å². The van der Waals surface area contributed by atoms with Gasteiger partial charge in [0.25, 0.3) is 0 Å². The van der Waals surface area contributed by atoms with Crippen molar-refractivity contribution in [2.75, 3.05) is 4.90 Å². The van der Waals surface area contributed by atoms with Crippen molar-refractivity contribution in [3.8, 4) is 44.5 Å². The first-order valence-electron chi connectivity index (χ1n) is 17.5. The second-order valence-electron chi connectivity index (χ2n) is 13.7. The molecule has 0 heterocycles. The summed E-state index contributed by atoms with van der Waals surface area (Å²) in [6.07, 6.45) is 0. The lowest BCUT2D eigenvalue weighted by atomic mass is 9.81. The number of hydrogen-bond acceptors (Lipinski definition) is 1. The van der Waals surface area contributed by atoms with Gasteiger partial charge in [0.2, 0.25) is 0 Å². The summed E-state index contributed by atoms with van der Waals surface area (Å²) in [5.74, 6) is 0. The van der Waals surface area contributed by atoms with Gasteiger partial charge in [0, 0.05) is 22.2 Å². The van der Waals surface area contributed by atoms with Gasteiger partial charge in [-0.1, -0.05) is 172 Å². The van der Waals surface area contributed by atoms with Crippen molar-refractivity contribution in [3.63, 3.8) is 0 Å². The predicted octanol–water partition coefficient (Wildman–Crippen LogP) is 13.6. The minimum Gasteiger partial charge on any atom is -0.309 e. The highest BCUT2D eigenvalue weighted by molar-refractivity contribution is 6.07. The highest BCUT2D eigenvalue weighted by atomic mass is 15.1. The largest absolute Gasteiger partial charge is 0.309 e. The molecule has 50 heavy (non-hydrogen) atoms. The second-order valence-corrected chi connectivity index (χ2v) is 13.7. The van der Waals surface area contributed by atoms with Gasteiger partial charge in [0.15, 0.2) is 0 Å². The second kappa shape index (κ2) is 12.1. The number of hydrogen-bond donors (Lipinski definition) is 0. The average molecular weight is 640 g/mol. The quantitative estimate of drug-likeness (QED) is 0.175. The van der Waals surface area contributed by atoms with Gasteiger partial charge in [0.1, 0.15) is 0 Å². The number of rotatable bonds is 6. The molecule has 0 saturated carbocycles. The Balaban J connectivity index is 1.39. The van der Waals surface area contributed by atoms with Gasteiger partial charge in [-0.25, -0.2) is 0 Å². The topological polar surface area (TPSA) is 3.24 Å². The number of anilines is 3. The van der Waals surface area contributed by atoms with E-state index in [1.54, 1.807) is 0 Å². The molecule has 0 radical (unpaired) electrons. The molecule has 8 aromatic carbocycles. The molecule has 0 aliphatic heterocycles. The van der Waals surface area contributed by atoms with Gasteiger partial charge < -0.3 is 4.90 Å². The first kappa shape index (κ1) is 29.9. The first-order chi connectivity index (χ1) is 24.6. The summed E-state index contributed by atoms with van der Waals surface area (Å²) in [5, 5.41) is 2.46. The molecule has 0 fully saturated rings. The van der Waals surface area contributed by atoms with E-state index in [1.165, 1.54) is 66.4 Å². The molecule has 1 heteroatoms. The van der Waals surface area contributed by atoms with Crippen molar-refractivity contribution >= 4 is 27.8 Å². The maximum atomic E-state index is 2.49. The van der Waals surface area contributed by atoms with Gasteiger partial charge in [0.05, 0.1) is 11.4 Å². The van der Waals surface area contributed by atoms with Crippen LogP contribution >= 0.6 is 0 Å². The molecule has 238 valence electrons. The Morgan fingerprint density at radius 1 is 0.380 bits per heavy atom. The minimum absolute atomic E-state index is 0.201. The van der Waals surface area contributed by atoms with Crippen LogP contribution in [0, 0.1) is 0 Å². The summed E-state index contributed by atoms with van der Waals surface area (Å²) in [6, 6.07) is 68.6. The van der Waals surface area contributed by atoms with E-state index >= 15 is 0 Å². The third-order valence-electron chi connectivity index (χ3n) is 10.5. The molecule has 0 atom stereocenters. The monoisotopic (exact) mass is 639 g/mol. The normalized spacial score (nSPS) is 12.8.